The summed E-state index contributed by atoms with van der Waals surface area (Å²) < 4.78 is 2.10. The van der Waals surface area contributed by atoms with Gasteiger partial charge in [-0.3, -0.25) is 4.68 Å². The highest BCUT2D eigenvalue weighted by Gasteiger charge is 2.05. The molecule has 0 spiro atoms. The Balaban J connectivity index is 1.70. The maximum atomic E-state index is 4.54. The number of aryl methyl sites for hydroxylation is 1. The molecule has 0 atom stereocenters. The Morgan fingerprint density at radius 2 is 2.11 bits per heavy atom. The van der Waals surface area contributed by atoms with Crippen LogP contribution >= 0.6 is 11.3 Å². The van der Waals surface area contributed by atoms with E-state index in [-0.39, 0.29) is 0 Å². The second-order valence-corrected chi connectivity index (χ2v) is 5.63. The van der Waals surface area contributed by atoms with Crippen LogP contribution in [-0.2, 0) is 13.0 Å². The van der Waals surface area contributed by atoms with Gasteiger partial charge in [-0.25, -0.2) is 0 Å². The van der Waals surface area contributed by atoms with Gasteiger partial charge in [0.15, 0.2) is 0 Å². The van der Waals surface area contributed by atoms with E-state index in [2.05, 4.69) is 53.4 Å². The van der Waals surface area contributed by atoms with Gasteiger partial charge in [0.1, 0.15) is 0 Å². The van der Waals surface area contributed by atoms with Gasteiger partial charge in [-0.15, -0.1) is 11.3 Å². The van der Waals surface area contributed by atoms with Gasteiger partial charge in [-0.1, -0.05) is 6.07 Å². The summed E-state index contributed by atoms with van der Waals surface area (Å²) in [5, 5.41) is 10.1. The maximum Gasteiger partial charge on any atom is 0.0625 e. The number of aromatic nitrogens is 2. The molecule has 4 heteroatoms. The van der Waals surface area contributed by atoms with E-state index in [1.54, 1.807) is 0 Å². The number of hydrogen-bond donors (Lipinski definition) is 1. The highest BCUT2D eigenvalue weighted by atomic mass is 32.1. The minimum atomic E-state index is 0.949. The molecule has 0 radical (unpaired) electrons. The monoisotopic (exact) mass is 263 g/mol. The third kappa shape index (κ3) is 3.21. The molecule has 0 fully saturated rings. The molecule has 2 heterocycles. The van der Waals surface area contributed by atoms with Crippen molar-refractivity contribution < 1.29 is 0 Å². The lowest BCUT2D eigenvalue weighted by Crippen LogP contribution is -2.23. The lowest BCUT2D eigenvalue weighted by molar-refractivity contribution is 0.544. The van der Waals surface area contributed by atoms with Crippen LogP contribution < -0.4 is 5.32 Å². The van der Waals surface area contributed by atoms with Gasteiger partial charge in [-0.05, 0) is 44.2 Å². The minimum Gasteiger partial charge on any atom is -0.315 e. The Morgan fingerprint density at radius 3 is 2.72 bits per heavy atom. The van der Waals surface area contributed by atoms with E-state index >= 15 is 0 Å². The molecular formula is C14H21N3S. The number of thiophene rings is 1. The Bertz CT molecular complexity index is 485. The third-order valence-corrected chi connectivity index (χ3v) is 4.31. The van der Waals surface area contributed by atoms with E-state index in [0.717, 1.165) is 31.7 Å². The number of nitrogens with zero attached hydrogens (tertiary/aromatic N) is 2. The zero-order valence-corrected chi connectivity index (χ0v) is 12.2. The molecular weight excluding hydrogens is 242 g/mol. The molecule has 0 amide bonds. The summed E-state index contributed by atoms with van der Waals surface area (Å²) in [5.74, 6) is 0. The summed E-state index contributed by atoms with van der Waals surface area (Å²) >= 11 is 1.83. The molecule has 0 unspecified atom stereocenters. The van der Waals surface area contributed by atoms with Crippen molar-refractivity contribution in [1.29, 1.82) is 0 Å². The Kier molecular flexibility index (Phi) is 4.55. The van der Waals surface area contributed by atoms with Gasteiger partial charge in [-0.2, -0.15) is 5.10 Å². The van der Waals surface area contributed by atoms with Crippen molar-refractivity contribution in [2.75, 3.05) is 13.1 Å². The molecule has 2 rings (SSSR count). The van der Waals surface area contributed by atoms with Crippen LogP contribution in [0.1, 0.15) is 21.8 Å². The van der Waals surface area contributed by atoms with Crippen molar-refractivity contribution in [2.45, 2.75) is 33.7 Å². The Labute approximate surface area is 113 Å². The van der Waals surface area contributed by atoms with Crippen molar-refractivity contribution in [3.8, 4) is 0 Å². The van der Waals surface area contributed by atoms with Crippen molar-refractivity contribution >= 4 is 11.3 Å². The highest BCUT2D eigenvalue weighted by Crippen LogP contribution is 2.10. The fraction of sp³-hybridized carbons (Fsp3) is 0.500. The zero-order valence-electron chi connectivity index (χ0n) is 11.4. The van der Waals surface area contributed by atoms with Gasteiger partial charge in [0.2, 0.25) is 0 Å². The first-order valence-electron chi connectivity index (χ1n) is 6.42. The molecule has 0 aliphatic rings. The van der Waals surface area contributed by atoms with E-state index in [0.29, 0.717) is 0 Å². The largest absolute Gasteiger partial charge is 0.315 e. The van der Waals surface area contributed by atoms with Gasteiger partial charge in [0.25, 0.3) is 0 Å². The first-order chi connectivity index (χ1) is 8.68. The van der Waals surface area contributed by atoms with Gasteiger partial charge >= 0.3 is 0 Å². The molecule has 0 saturated carbocycles. The van der Waals surface area contributed by atoms with Gasteiger partial charge in [0, 0.05) is 23.7 Å². The zero-order chi connectivity index (χ0) is 13.0. The van der Waals surface area contributed by atoms with Crippen LogP contribution in [0.4, 0.5) is 0 Å². The molecule has 3 nitrogen and oxygen atoms in total. The molecule has 0 bridgehead atoms. The molecule has 98 valence electrons. The highest BCUT2D eigenvalue weighted by molar-refractivity contribution is 7.09. The Morgan fingerprint density at radius 1 is 1.28 bits per heavy atom. The summed E-state index contributed by atoms with van der Waals surface area (Å²) in [7, 11) is 0. The van der Waals surface area contributed by atoms with E-state index in [9.17, 15) is 0 Å². The first kappa shape index (κ1) is 13.3. The minimum absolute atomic E-state index is 0.949. The summed E-state index contributed by atoms with van der Waals surface area (Å²) in [5.41, 5.74) is 3.74. The normalized spacial score (nSPS) is 11.1. The fourth-order valence-electron chi connectivity index (χ4n) is 1.98. The number of nitrogens with one attached hydrogen (secondary N) is 1. The summed E-state index contributed by atoms with van der Waals surface area (Å²) in [6.07, 6.45) is 1.12. The van der Waals surface area contributed by atoms with Crippen molar-refractivity contribution in [2.24, 2.45) is 0 Å². The average molecular weight is 263 g/mol. The van der Waals surface area contributed by atoms with E-state index in [1.165, 1.54) is 16.1 Å². The van der Waals surface area contributed by atoms with Crippen LogP contribution in [0.3, 0.4) is 0 Å². The molecule has 0 aliphatic heterocycles. The fourth-order valence-corrected chi connectivity index (χ4v) is 2.69. The average Bonchev–Trinajstić information content (AvgIpc) is 2.95. The van der Waals surface area contributed by atoms with Crippen LogP contribution in [0.2, 0.25) is 0 Å². The summed E-state index contributed by atoms with van der Waals surface area (Å²) in [6, 6.07) is 4.30. The molecule has 2 aromatic heterocycles. The summed E-state index contributed by atoms with van der Waals surface area (Å²) in [4.78, 5) is 1.45. The predicted molar refractivity (Wildman–Crippen MR) is 77.3 cm³/mol. The quantitative estimate of drug-likeness (QED) is 0.812. The van der Waals surface area contributed by atoms with Gasteiger partial charge in [0.05, 0.1) is 12.2 Å². The van der Waals surface area contributed by atoms with Crippen LogP contribution in [-0.4, -0.2) is 22.9 Å². The molecule has 1 N–H and O–H groups in total. The second-order valence-electron chi connectivity index (χ2n) is 4.60. The molecule has 2 aromatic rings. The van der Waals surface area contributed by atoms with Crippen LogP contribution in [0.25, 0.3) is 0 Å². The van der Waals surface area contributed by atoms with E-state index in [1.807, 2.05) is 11.3 Å². The molecule has 0 aliphatic carbocycles. The molecule has 0 saturated heterocycles. The number of rotatable bonds is 6. The van der Waals surface area contributed by atoms with Crippen molar-refractivity contribution in [1.82, 2.24) is 15.1 Å². The number of hydrogen-bond acceptors (Lipinski definition) is 3. The first-order valence-corrected chi connectivity index (χ1v) is 7.30. The molecule has 18 heavy (non-hydrogen) atoms. The lowest BCUT2D eigenvalue weighted by atomic mass is 10.2. The van der Waals surface area contributed by atoms with E-state index in [4.69, 9.17) is 0 Å². The predicted octanol–water partition coefficient (Wildman–Crippen LogP) is 2.70. The van der Waals surface area contributed by atoms with Gasteiger partial charge < -0.3 is 5.32 Å². The Hall–Kier alpha value is -1.13. The van der Waals surface area contributed by atoms with Crippen molar-refractivity contribution in [3.05, 3.63) is 39.3 Å². The third-order valence-electron chi connectivity index (χ3n) is 3.37. The van der Waals surface area contributed by atoms with Crippen molar-refractivity contribution in [3.63, 3.8) is 0 Å². The lowest BCUT2D eigenvalue weighted by Gasteiger charge is -2.06. The maximum absolute atomic E-state index is 4.54. The SMILES string of the molecule is Cc1nn(CCNCCc2cccs2)c(C)c1C. The summed E-state index contributed by atoms with van der Waals surface area (Å²) in [6.45, 7) is 9.32. The second kappa shape index (κ2) is 6.16. The smallest absolute Gasteiger partial charge is 0.0625 e. The van der Waals surface area contributed by atoms with Crippen LogP contribution in [0, 0.1) is 20.8 Å². The topological polar surface area (TPSA) is 29.9 Å². The molecule has 0 aromatic carbocycles. The van der Waals surface area contributed by atoms with Crippen LogP contribution in [0.5, 0.6) is 0 Å². The van der Waals surface area contributed by atoms with Crippen LogP contribution in [0.15, 0.2) is 17.5 Å². The van der Waals surface area contributed by atoms with E-state index < -0.39 is 0 Å². The standard InChI is InChI=1S/C14H21N3S/c1-11-12(2)16-17(13(11)3)9-8-15-7-6-14-5-4-10-18-14/h4-5,10,15H,6-9H2,1-3H3.